The first-order chi connectivity index (χ1) is 23.1. The van der Waals surface area contributed by atoms with Crippen LogP contribution in [-0.2, 0) is 16.7 Å². The molecular weight excluding hydrogens is 629 g/mol. The van der Waals surface area contributed by atoms with Crippen molar-refractivity contribution in [3.63, 3.8) is 0 Å². The summed E-state index contributed by atoms with van der Waals surface area (Å²) in [6.45, 7) is 1.58. The van der Waals surface area contributed by atoms with Crippen LogP contribution in [0, 0.1) is 5.92 Å². The number of anilines is 2. The molecule has 256 valence electrons. The second-order valence-corrected chi connectivity index (χ2v) is 12.5. The van der Waals surface area contributed by atoms with E-state index in [1.165, 1.54) is 36.9 Å². The van der Waals surface area contributed by atoms with Crippen molar-refractivity contribution in [1.82, 2.24) is 30.2 Å². The summed E-state index contributed by atoms with van der Waals surface area (Å²) >= 11 is 0. The van der Waals surface area contributed by atoms with E-state index in [2.05, 4.69) is 30.9 Å². The number of nitrogens with one attached hydrogen (secondary N) is 3. The molecule has 1 unspecified atom stereocenters. The van der Waals surface area contributed by atoms with Gasteiger partial charge in [-0.05, 0) is 67.8 Å². The van der Waals surface area contributed by atoms with E-state index in [1.807, 2.05) is 30.3 Å². The number of nitrogens with zero attached hydrogens (tertiary/aromatic N) is 4. The lowest BCUT2D eigenvalue weighted by atomic mass is 9.93. The van der Waals surface area contributed by atoms with Crippen molar-refractivity contribution in [2.75, 3.05) is 24.1 Å². The number of alkyl halides is 3. The molecule has 0 bridgehead atoms. The highest BCUT2D eigenvalue weighted by molar-refractivity contribution is 5.89. The Kier molecular flexibility index (Phi) is 9.83. The first-order valence-corrected chi connectivity index (χ1v) is 16.0. The maximum Gasteiger partial charge on any atom is 0.398 e. The number of nitrogen functional groups attached to an aromatic ring is 1. The number of carbonyl (C=O) groups excluding carboxylic acids is 1. The first-order valence-electron chi connectivity index (χ1n) is 16.0. The maximum atomic E-state index is 13.4. The Labute approximate surface area is 274 Å². The normalized spacial score (nSPS) is 22.4. The van der Waals surface area contributed by atoms with E-state index in [-0.39, 0.29) is 30.1 Å². The van der Waals surface area contributed by atoms with Crippen LogP contribution in [0.1, 0.15) is 49.5 Å². The highest BCUT2D eigenvalue weighted by Crippen LogP contribution is 2.58. The van der Waals surface area contributed by atoms with Crippen LogP contribution in [-0.4, -0.2) is 73.3 Å². The SMILES string of the molecule is Nc1ncnc2c1ncn2[C@@H]1O[C@H](C[C@H](CCCNC(=O)Nc2ccc(C3(C(F)(F)F)CC3)cc2)CNCc2ccccc2)C(O)[C@@H]1O. The van der Waals surface area contributed by atoms with Crippen molar-refractivity contribution in [3.8, 4) is 0 Å². The lowest BCUT2D eigenvalue weighted by Gasteiger charge is -2.23. The van der Waals surface area contributed by atoms with Gasteiger partial charge >= 0.3 is 12.2 Å². The van der Waals surface area contributed by atoms with Crippen LogP contribution in [0.2, 0.25) is 0 Å². The molecule has 12 nitrogen and oxygen atoms in total. The number of aromatic nitrogens is 4. The van der Waals surface area contributed by atoms with Gasteiger partial charge in [-0.1, -0.05) is 42.5 Å². The van der Waals surface area contributed by atoms with Crippen molar-refractivity contribution in [2.24, 2.45) is 5.92 Å². The summed E-state index contributed by atoms with van der Waals surface area (Å²) in [6, 6.07) is 15.3. The van der Waals surface area contributed by atoms with Crippen LogP contribution < -0.4 is 21.7 Å². The number of benzene rings is 2. The number of carbonyl (C=O) groups is 1. The topological polar surface area (TPSA) is 172 Å². The minimum absolute atomic E-state index is 0.0117. The lowest BCUT2D eigenvalue weighted by Crippen LogP contribution is -2.35. The summed E-state index contributed by atoms with van der Waals surface area (Å²) in [5.41, 5.74) is 6.63. The fourth-order valence-electron chi connectivity index (χ4n) is 6.36. The number of aliphatic hydroxyl groups excluding tert-OH is 2. The molecule has 2 aromatic carbocycles. The number of amides is 2. The standard InChI is InChI=1S/C33H39F3N8O4/c34-33(35,36)32(12-13-32)22-8-10-23(11-9-22)43-31(47)39-14-4-7-21(17-38-16-20-5-2-1-3-6-20)15-24-26(45)27(46)30(48-24)44-19-42-25-28(37)40-18-41-29(25)44/h1-3,5-6,8-11,18-19,21,24,26-27,30,38,45-46H,4,7,12-17H2,(H2,37,40,41)(H2,39,43,47)/t21-,24+,26?,27-,30+/m0/s1. The monoisotopic (exact) mass is 668 g/mol. The van der Waals surface area contributed by atoms with Crippen molar-refractivity contribution in [2.45, 2.75) is 74.8 Å². The summed E-state index contributed by atoms with van der Waals surface area (Å²) in [7, 11) is 0. The Balaban J connectivity index is 1.03. The molecule has 2 amide bonds. The second-order valence-electron chi connectivity index (χ2n) is 12.5. The molecule has 1 aliphatic carbocycles. The maximum absolute atomic E-state index is 13.4. The average molecular weight is 669 g/mol. The molecule has 3 heterocycles. The average Bonchev–Trinajstić information content (AvgIpc) is 3.72. The molecule has 7 N–H and O–H groups in total. The number of hydrogen-bond donors (Lipinski definition) is 6. The summed E-state index contributed by atoms with van der Waals surface area (Å²) in [6.07, 6.45) is -3.69. The number of ether oxygens (including phenoxy) is 1. The number of fused-ring (bicyclic) bond motifs is 1. The third kappa shape index (κ3) is 7.23. The highest BCUT2D eigenvalue weighted by Gasteiger charge is 2.64. The predicted molar refractivity (Wildman–Crippen MR) is 172 cm³/mol. The number of aliphatic hydroxyl groups is 2. The van der Waals surface area contributed by atoms with Gasteiger partial charge in [-0.2, -0.15) is 13.2 Å². The van der Waals surface area contributed by atoms with Gasteiger partial charge in [0.2, 0.25) is 0 Å². The minimum atomic E-state index is -4.29. The van der Waals surface area contributed by atoms with E-state index < -0.39 is 42.2 Å². The molecule has 0 radical (unpaired) electrons. The van der Waals surface area contributed by atoms with Crippen molar-refractivity contribution >= 4 is 28.7 Å². The summed E-state index contributed by atoms with van der Waals surface area (Å²) < 4.78 is 48.0. The van der Waals surface area contributed by atoms with Gasteiger partial charge in [-0.15, -0.1) is 0 Å². The van der Waals surface area contributed by atoms with Gasteiger partial charge in [0.05, 0.1) is 17.8 Å². The number of imidazole rings is 1. The third-order valence-corrected chi connectivity index (χ3v) is 9.23. The van der Waals surface area contributed by atoms with E-state index in [0.29, 0.717) is 55.7 Å². The molecule has 0 spiro atoms. The Morgan fingerprint density at radius 2 is 1.81 bits per heavy atom. The van der Waals surface area contributed by atoms with E-state index in [0.717, 1.165) is 5.56 Å². The Morgan fingerprint density at radius 3 is 2.52 bits per heavy atom. The smallest absolute Gasteiger partial charge is 0.388 e. The number of rotatable bonds is 13. The second kappa shape index (κ2) is 14.0. The molecule has 2 fully saturated rings. The molecule has 1 saturated heterocycles. The summed E-state index contributed by atoms with van der Waals surface area (Å²) in [4.78, 5) is 24.9. The molecule has 4 aromatic rings. The zero-order chi connectivity index (χ0) is 33.9. The van der Waals surface area contributed by atoms with E-state index in [1.54, 1.807) is 4.57 Å². The molecule has 2 aliphatic rings. The molecular formula is C33H39F3N8O4. The number of urea groups is 1. The summed E-state index contributed by atoms with van der Waals surface area (Å²) in [5.74, 6) is 0.207. The van der Waals surface area contributed by atoms with Crippen LogP contribution in [0.4, 0.5) is 29.5 Å². The Hall–Kier alpha value is -4.31. The van der Waals surface area contributed by atoms with Crippen LogP contribution in [0.3, 0.4) is 0 Å². The molecule has 2 aromatic heterocycles. The quantitative estimate of drug-likeness (QED) is 0.115. The van der Waals surface area contributed by atoms with Gasteiger partial charge in [0.1, 0.15) is 24.1 Å². The largest absolute Gasteiger partial charge is 0.398 e. The fraction of sp³-hybridized carbons (Fsp3) is 0.455. The fourth-order valence-corrected chi connectivity index (χ4v) is 6.36. The van der Waals surface area contributed by atoms with Crippen LogP contribution in [0.5, 0.6) is 0 Å². The van der Waals surface area contributed by atoms with Gasteiger partial charge in [0.25, 0.3) is 0 Å². The van der Waals surface area contributed by atoms with Crippen LogP contribution in [0.15, 0.2) is 67.3 Å². The Morgan fingerprint density at radius 1 is 1.06 bits per heavy atom. The third-order valence-electron chi connectivity index (χ3n) is 9.23. The van der Waals surface area contributed by atoms with Gasteiger partial charge < -0.3 is 36.6 Å². The molecule has 48 heavy (non-hydrogen) atoms. The zero-order valence-electron chi connectivity index (χ0n) is 26.1. The van der Waals surface area contributed by atoms with Crippen LogP contribution >= 0.6 is 0 Å². The molecule has 1 aliphatic heterocycles. The number of nitrogens with two attached hydrogens (primary N) is 1. The van der Waals surface area contributed by atoms with Gasteiger partial charge in [-0.25, -0.2) is 19.7 Å². The first kappa shape index (κ1) is 33.6. The summed E-state index contributed by atoms with van der Waals surface area (Å²) in [5, 5.41) is 30.9. The van der Waals surface area contributed by atoms with E-state index in [4.69, 9.17) is 10.5 Å². The lowest BCUT2D eigenvalue weighted by molar-refractivity contribution is -0.160. The van der Waals surface area contributed by atoms with Gasteiger partial charge in [0.15, 0.2) is 17.7 Å². The molecule has 6 rings (SSSR count). The van der Waals surface area contributed by atoms with Gasteiger partial charge in [-0.3, -0.25) is 4.57 Å². The van der Waals surface area contributed by atoms with E-state index >= 15 is 0 Å². The molecule has 15 heteroatoms. The Bertz CT molecular complexity index is 1680. The van der Waals surface area contributed by atoms with Crippen LogP contribution in [0.25, 0.3) is 11.2 Å². The minimum Gasteiger partial charge on any atom is -0.388 e. The molecule has 1 saturated carbocycles. The zero-order valence-corrected chi connectivity index (χ0v) is 26.1. The number of halogens is 3. The number of hydrogen-bond acceptors (Lipinski definition) is 9. The highest BCUT2D eigenvalue weighted by atomic mass is 19.4. The molecule has 5 atom stereocenters. The van der Waals surface area contributed by atoms with Crippen molar-refractivity contribution < 1.29 is 32.9 Å². The van der Waals surface area contributed by atoms with Gasteiger partial charge in [0, 0.05) is 18.8 Å². The van der Waals surface area contributed by atoms with E-state index in [9.17, 15) is 28.2 Å². The van der Waals surface area contributed by atoms with Crippen molar-refractivity contribution in [3.05, 3.63) is 78.4 Å². The predicted octanol–water partition coefficient (Wildman–Crippen LogP) is 4.02. The van der Waals surface area contributed by atoms with Crippen molar-refractivity contribution in [1.29, 1.82) is 0 Å².